The molecular formula is C18H16BrNO2. The molecule has 0 saturated heterocycles. The lowest BCUT2D eigenvalue weighted by atomic mass is 9.98. The quantitative estimate of drug-likeness (QED) is 0.704. The smallest absolute Gasteiger partial charge is 0.307 e. The third kappa shape index (κ3) is 2.66. The van der Waals surface area contributed by atoms with Gasteiger partial charge in [-0.25, -0.2) is 0 Å². The number of aromatic amines is 1. The van der Waals surface area contributed by atoms with Crippen LogP contribution in [0, 0.1) is 13.8 Å². The third-order valence-corrected chi connectivity index (χ3v) is 4.34. The van der Waals surface area contributed by atoms with Gasteiger partial charge >= 0.3 is 5.97 Å². The summed E-state index contributed by atoms with van der Waals surface area (Å²) in [5, 5.41) is 10.2. The van der Waals surface area contributed by atoms with E-state index in [-0.39, 0.29) is 6.42 Å². The van der Waals surface area contributed by atoms with Crippen molar-refractivity contribution in [3.05, 3.63) is 57.6 Å². The van der Waals surface area contributed by atoms with Gasteiger partial charge in [0.25, 0.3) is 0 Å². The van der Waals surface area contributed by atoms with E-state index in [1.807, 2.05) is 31.2 Å². The van der Waals surface area contributed by atoms with Crippen LogP contribution in [0.25, 0.3) is 22.2 Å². The minimum Gasteiger partial charge on any atom is -0.481 e. The summed E-state index contributed by atoms with van der Waals surface area (Å²) in [5.41, 5.74) is 6.06. The number of carbonyl (C=O) groups is 1. The highest BCUT2D eigenvalue weighted by Gasteiger charge is 2.17. The Morgan fingerprint density at radius 2 is 1.95 bits per heavy atom. The highest BCUT2D eigenvalue weighted by Crippen LogP contribution is 2.34. The molecule has 1 aromatic heterocycles. The lowest BCUT2D eigenvalue weighted by molar-refractivity contribution is -0.136. The number of aryl methyl sites for hydroxylation is 2. The molecule has 0 saturated carbocycles. The van der Waals surface area contributed by atoms with E-state index in [4.69, 9.17) is 0 Å². The summed E-state index contributed by atoms with van der Waals surface area (Å²) < 4.78 is 0.942. The van der Waals surface area contributed by atoms with Gasteiger partial charge in [-0.05, 0) is 43.2 Å². The van der Waals surface area contributed by atoms with Crippen molar-refractivity contribution in [3.8, 4) is 11.3 Å². The van der Waals surface area contributed by atoms with Gasteiger partial charge in [-0.1, -0.05) is 39.7 Å². The van der Waals surface area contributed by atoms with Crippen molar-refractivity contribution in [2.24, 2.45) is 0 Å². The highest BCUT2D eigenvalue weighted by molar-refractivity contribution is 9.10. The first kappa shape index (κ1) is 14.9. The number of benzene rings is 2. The zero-order valence-electron chi connectivity index (χ0n) is 12.4. The molecule has 0 spiro atoms. The number of aliphatic carboxylic acids is 1. The van der Waals surface area contributed by atoms with Crippen LogP contribution in [0.5, 0.6) is 0 Å². The topological polar surface area (TPSA) is 53.1 Å². The molecule has 4 heteroatoms. The van der Waals surface area contributed by atoms with Crippen LogP contribution in [0.15, 0.2) is 40.9 Å². The fraction of sp³-hybridized carbons (Fsp3) is 0.167. The fourth-order valence-electron chi connectivity index (χ4n) is 2.88. The predicted octanol–water partition coefficient (Wildman–Crippen LogP) is 4.84. The zero-order valence-corrected chi connectivity index (χ0v) is 14.0. The van der Waals surface area contributed by atoms with Gasteiger partial charge in [-0.15, -0.1) is 0 Å². The Bertz CT molecular complexity index is 880. The Kier molecular flexibility index (Phi) is 3.79. The van der Waals surface area contributed by atoms with E-state index in [0.29, 0.717) is 0 Å². The van der Waals surface area contributed by atoms with Crippen molar-refractivity contribution in [3.63, 3.8) is 0 Å². The first-order valence-electron chi connectivity index (χ1n) is 7.05. The number of nitrogens with one attached hydrogen (secondary N) is 1. The van der Waals surface area contributed by atoms with Crippen LogP contribution < -0.4 is 0 Å². The molecule has 0 aliphatic rings. The van der Waals surface area contributed by atoms with Gasteiger partial charge in [0.1, 0.15) is 0 Å². The first-order chi connectivity index (χ1) is 10.5. The monoisotopic (exact) mass is 357 g/mol. The van der Waals surface area contributed by atoms with Gasteiger partial charge < -0.3 is 10.1 Å². The van der Waals surface area contributed by atoms with Crippen molar-refractivity contribution in [2.75, 3.05) is 0 Å². The van der Waals surface area contributed by atoms with Gasteiger partial charge in [0.15, 0.2) is 0 Å². The minimum absolute atomic E-state index is 0.000890. The Morgan fingerprint density at radius 1 is 1.18 bits per heavy atom. The summed E-state index contributed by atoms with van der Waals surface area (Å²) in [6.45, 7) is 4.10. The standard InChI is InChI=1S/C18H16BrNO2/c1-10-3-5-13(11(2)7-10)18-15(9-17(21)22)14-8-12(19)4-6-16(14)20-18/h3-8,20H,9H2,1-2H3,(H,21,22). The second-order valence-corrected chi connectivity index (χ2v) is 6.47. The van der Waals surface area contributed by atoms with Crippen molar-refractivity contribution < 1.29 is 9.90 Å². The van der Waals surface area contributed by atoms with Crippen molar-refractivity contribution >= 4 is 32.8 Å². The van der Waals surface area contributed by atoms with Gasteiger partial charge in [-0.3, -0.25) is 4.79 Å². The molecule has 3 aromatic rings. The van der Waals surface area contributed by atoms with E-state index in [1.54, 1.807) is 0 Å². The summed E-state index contributed by atoms with van der Waals surface area (Å²) in [6.07, 6.45) is -0.000890. The molecule has 1 heterocycles. The molecule has 0 unspecified atom stereocenters. The molecule has 0 radical (unpaired) electrons. The SMILES string of the molecule is Cc1ccc(-c2[nH]c3ccc(Br)cc3c2CC(=O)O)c(C)c1. The summed E-state index contributed by atoms with van der Waals surface area (Å²) in [7, 11) is 0. The van der Waals surface area contributed by atoms with E-state index < -0.39 is 5.97 Å². The average molecular weight is 358 g/mol. The number of hydrogen-bond donors (Lipinski definition) is 2. The minimum atomic E-state index is -0.827. The number of halogens is 1. The second-order valence-electron chi connectivity index (χ2n) is 5.56. The summed E-state index contributed by atoms with van der Waals surface area (Å²) in [5.74, 6) is -0.827. The normalized spacial score (nSPS) is 11.0. The molecule has 2 N–H and O–H groups in total. The second kappa shape index (κ2) is 5.61. The van der Waals surface area contributed by atoms with Gasteiger partial charge in [-0.2, -0.15) is 0 Å². The number of carboxylic acid groups (broad SMARTS) is 1. The van der Waals surface area contributed by atoms with Crippen LogP contribution in [0.1, 0.15) is 16.7 Å². The zero-order chi connectivity index (χ0) is 15.9. The lowest BCUT2D eigenvalue weighted by Gasteiger charge is -2.08. The Hall–Kier alpha value is -2.07. The molecule has 112 valence electrons. The van der Waals surface area contributed by atoms with Crippen LogP contribution >= 0.6 is 15.9 Å². The molecule has 0 fully saturated rings. The molecule has 3 rings (SSSR count). The van der Waals surface area contributed by atoms with Crippen molar-refractivity contribution in [1.82, 2.24) is 4.98 Å². The average Bonchev–Trinajstić information content (AvgIpc) is 2.76. The molecule has 0 aliphatic carbocycles. The highest BCUT2D eigenvalue weighted by atomic mass is 79.9. The number of rotatable bonds is 3. The first-order valence-corrected chi connectivity index (χ1v) is 7.84. The Morgan fingerprint density at radius 3 is 2.64 bits per heavy atom. The number of H-pyrrole nitrogens is 1. The summed E-state index contributed by atoms with van der Waals surface area (Å²) >= 11 is 3.46. The molecule has 3 nitrogen and oxygen atoms in total. The van der Waals surface area contributed by atoms with E-state index in [1.165, 1.54) is 5.56 Å². The van der Waals surface area contributed by atoms with Crippen LogP contribution in [-0.2, 0) is 11.2 Å². The van der Waals surface area contributed by atoms with E-state index in [0.717, 1.165) is 37.8 Å². The maximum absolute atomic E-state index is 11.3. The summed E-state index contributed by atoms with van der Waals surface area (Å²) in [6, 6.07) is 12.1. The van der Waals surface area contributed by atoms with Crippen LogP contribution in [0.4, 0.5) is 0 Å². The van der Waals surface area contributed by atoms with E-state index in [9.17, 15) is 9.90 Å². The van der Waals surface area contributed by atoms with Gasteiger partial charge in [0, 0.05) is 20.9 Å². The number of hydrogen-bond acceptors (Lipinski definition) is 1. The molecule has 0 amide bonds. The predicted molar refractivity (Wildman–Crippen MR) is 92.2 cm³/mol. The maximum Gasteiger partial charge on any atom is 0.307 e. The number of fused-ring (bicyclic) bond motifs is 1. The molecule has 0 atom stereocenters. The third-order valence-electron chi connectivity index (χ3n) is 3.85. The maximum atomic E-state index is 11.3. The molecule has 22 heavy (non-hydrogen) atoms. The van der Waals surface area contributed by atoms with Crippen LogP contribution in [0.3, 0.4) is 0 Å². The van der Waals surface area contributed by atoms with Crippen molar-refractivity contribution in [2.45, 2.75) is 20.3 Å². The number of carboxylic acids is 1. The van der Waals surface area contributed by atoms with Gasteiger partial charge in [0.05, 0.1) is 12.1 Å². The molecule has 0 aliphatic heterocycles. The van der Waals surface area contributed by atoms with Crippen LogP contribution in [-0.4, -0.2) is 16.1 Å². The number of aromatic nitrogens is 1. The summed E-state index contributed by atoms with van der Waals surface area (Å²) in [4.78, 5) is 14.7. The molecule has 0 bridgehead atoms. The fourth-order valence-corrected chi connectivity index (χ4v) is 3.24. The Labute approximate surface area is 137 Å². The van der Waals surface area contributed by atoms with Gasteiger partial charge in [0.2, 0.25) is 0 Å². The van der Waals surface area contributed by atoms with Crippen molar-refractivity contribution in [1.29, 1.82) is 0 Å². The van der Waals surface area contributed by atoms with E-state index in [2.05, 4.69) is 40.0 Å². The molecular weight excluding hydrogens is 342 g/mol. The van der Waals surface area contributed by atoms with Crippen LogP contribution in [0.2, 0.25) is 0 Å². The largest absolute Gasteiger partial charge is 0.481 e. The van der Waals surface area contributed by atoms with E-state index >= 15 is 0 Å². The Balaban J connectivity index is 2.30. The molecule has 2 aromatic carbocycles. The lowest BCUT2D eigenvalue weighted by Crippen LogP contribution is -2.01.